The highest BCUT2D eigenvalue weighted by molar-refractivity contribution is 5.78. The molecule has 142 valence electrons. The van der Waals surface area contributed by atoms with E-state index < -0.39 is 0 Å². The molecule has 1 aliphatic heterocycles. The smallest absolute Gasteiger partial charge is 0.224 e. The Bertz CT molecular complexity index is 741. The van der Waals surface area contributed by atoms with Crippen molar-refractivity contribution in [1.29, 1.82) is 0 Å². The van der Waals surface area contributed by atoms with Crippen molar-refractivity contribution in [3.63, 3.8) is 0 Å². The highest BCUT2D eigenvalue weighted by atomic mass is 16.2. The number of para-hydroxylation sites is 1. The second-order valence-electron chi connectivity index (χ2n) is 6.88. The van der Waals surface area contributed by atoms with Crippen molar-refractivity contribution in [3.05, 3.63) is 66.2 Å². The first-order valence-corrected chi connectivity index (χ1v) is 9.50. The largest absolute Gasteiger partial charge is 0.367 e. The molecule has 0 atom stereocenters. The number of carbonyl (C=O) groups excluding carboxylic acids is 2. The first kappa shape index (κ1) is 19.0. The second kappa shape index (κ2) is 9.21. The van der Waals surface area contributed by atoms with Crippen LogP contribution in [0.1, 0.15) is 18.9 Å². The van der Waals surface area contributed by atoms with Crippen LogP contribution in [0.4, 0.5) is 5.69 Å². The van der Waals surface area contributed by atoms with Crippen LogP contribution in [0.5, 0.6) is 0 Å². The van der Waals surface area contributed by atoms with Gasteiger partial charge < -0.3 is 14.7 Å². The van der Waals surface area contributed by atoms with E-state index in [2.05, 4.69) is 29.2 Å². The van der Waals surface area contributed by atoms with Crippen LogP contribution in [0.2, 0.25) is 0 Å². The average Bonchev–Trinajstić information content (AvgIpc) is 2.72. The lowest BCUT2D eigenvalue weighted by Crippen LogP contribution is -2.50. The molecule has 0 unspecified atom stereocenters. The first-order valence-electron chi connectivity index (χ1n) is 9.50. The summed E-state index contributed by atoms with van der Waals surface area (Å²) in [6.07, 6.45) is 0.474. The highest BCUT2D eigenvalue weighted by Crippen LogP contribution is 2.17. The zero-order chi connectivity index (χ0) is 19.1. The third-order valence-corrected chi connectivity index (χ3v) is 5.01. The van der Waals surface area contributed by atoms with Crippen LogP contribution in [0.3, 0.4) is 0 Å². The van der Waals surface area contributed by atoms with Crippen LogP contribution in [-0.4, -0.2) is 54.3 Å². The predicted molar refractivity (Wildman–Crippen MR) is 107 cm³/mol. The van der Waals surface area contributed by atoms with Gasteiger partial charge in [-0.1, -0.05) is 48.5 Å². The van der Waals surface area contributed by atoms with Crippen molar-refractivity contribution < 1.29 is 9.59 Å². The number of piperazine rings is 1. The van der Waals surface area contributed by atoms with Gasteiger partial charge in [0.1, 0.15) is 0 Å². The number of carbonyl (C=O) groups is 2. The third kappa shape index (κ3) is 5.33. The molecule has 5 nitrogen and oxygen atoms in total. The summed E-state index contributed by atoms with van der Waals surface area (Å²) in [5, 5.41) is 0. The number of amides is 2. The molecule has 2 aromatic carbocycles. The Morgan fingerprint density at radius 1 is 0.852 bits per heavy atom. The lowest BCUT2D eigenvalue weighted by atomic mass is 10.2. The van der Waals surface area contributed by atoms with Gasteiger partial charge in [-0.3, -0.25) is 9.59 Å². The predicted octanol–water partition coefficient (Wildman–Crippen LogP) is 2.77. The maximum absolute atomic E-state index is 12.7. The molecule has 5 heteroatoms. The van der Waals surface area contributed by atoms with E-state index in [0.717, 1.165) is 12.2 Å². The van der Waals surface area contributed by atoms with E-state index in [9.17, 15) is 9.59 Å². The molecule has 0 spiro atoms. The molecule has 0 radical (unpaired) electrons. The van der Waals surface area contributed by atoms with E-state index in [1.807, 2.05) is 41.3 Å². The van der Waals surface area contributed by atoms with Gasteiger partial charge in [0.15, 0.2) is 0 Å². The van der Waals surface area contributed by atoms with Crippen molar-refractivity contribution in [2.24, 2.45) is 0 Å². The summed E-state index contributed by atoms with van der Waals surface area (Å²) >= 11 is 0. The Morgan fingerprint density at radius 3 is 2.00 bits per heavy atom. The number of hydrogen-bond acceptors (Lipinski definition) is 3. The van der Waals surface area contributed by atoms with Crippen LogP contribution >= 0.6 is 0 Å². The van der Waals surface area contributed by atoms with Gasteiger partial charge in [-0.15, -0.1) is 0 Å². The zero-order valence-corrected chi connectivity index (χ0v) is 15.9. The van der Waals surface area contributed by atoms with Crippen LogP contribution < -0.4 is 4.90 Å². The fourth-order valence-corrected chi connectivity index (χ4v) is 3.40. The number of hydrogen-bond donors (Lipinski definition) is 0. The maximum Gasteiger partial charge on any atom is 0.224 e. The number of nitrogens with zero attached hydrogens (tertiary/aromatic N) is 3. The summed E-state index contributed by atoms with van der Waals surface area (Å²) in [6.45, 7) is 5.55. The Labute approximate surface area is 161 Å². The summed E-state index contributed by atoms with van der Waals surface area (Å²) in [5.41, 5.74) is 2.35. The quantitative estimate of drug-likeness (QED) is 0.791. The first-order chi connectivity index (χ1) is 13.1. The van der Waals surface area contributed by atoms with Crippen molar-refractivity contribution in [2.75, 3.05) is 37.6 Å². The molecule has 1 saturated heterocycles. The Morgan fingerprint density at radius 2 is 1.41 bits per heavy atom. The molecule has 1 fully saturated rings. The monoisotopic (exact) mass is 365 g/mol. The topological polar surface area (TPSA) is 43.9 Å². The van der Waals surface area contributed by atoms with E-state index >= 15 is 0 Å². The molecule has 2 amide bonds. The van der Waals surface area contributed by atoms with Gasteiger partial charge in [-0.05, 0) is 17.7 Å². The van der Waals surface area contributed by atoms with Gasteiger partial charge in [0.05, 0.1) is 0 Å². The van der Waals surface area contributed by atoms with Crippen LogP contribution in [0.15, 0.2) is 60.7 Å². The van der Waals surface area contributed by atoms with Crippen molar-refractivity contribution in [2.45, 2.75) is 19.9 Å². The molecular formula is C22H27N3O2. The average molecular weight is 365 g/mol. The molecule has 0 N–H and O–H groups in total. The van der Waals surface area contributed by atoms with Crippen molar-refractivity contribution in [1.82, 2.24) is 9.80 Å². The Kier molecular flexibility index (Phi) is 6.47. The lowest BCUT2D eigenvalue weighted by Gasteiger charge is -2.35. The third-order valence-electron chi connectivity index (χ3n) is 5.01. The molecule has 27 heavy (non-hydrogen) atoms. The molecule has 0 aliphatic carbocycles. The van der Waals surface area contributed by atoms with E-state index in [4.69, 9.17) is 0 Å². The van der Waals surface area contributed by atoms with Gasteiger partial charge in [0.25, 0.3) is 0 Å². The molecule has 0 aromatic heterocycles. The van der Waals surface area contributed by atoms with E-state index in [1.165, 1.54) is 5.56 Å². The lowest BCUT2D eigenvalue weighted by molar-refractivity contribution is -0.138. The number of rotatable bonds is 6. The maximum atomic E-state index is 12.7. The van der Waals surface area contributed by atoms with Gasteiger partial charge in [-0.2, -0.15) is 0 Å². The zero-order valence-electron chi connectivity index (χ0n) is 15.9. The summed E-state index contributed by atoms with van der Waals surface area (Å²) in [6, 6.07) is 20.5. The number of benzene rings is 2. The molecular weight excluding hydrogens is 338 g/mol. The Hall–Kier alpha value is -2.82. The molecule has 2 aromatic rings. The summed E-state index contributed by atoms with van der Waals surface area (Å²) in [5.74, 6) is 0.243. The van der Waals surface area contributed by atoms with E-state index in [1.54, 1.807) is 11.8 Å². The minimum Gasteiger partial charge on any atom is -0.367 e. The molecule has 1 aliphatic rings. The van der Waals surface area contributed by atoms with Crippen LogP contribution in [0.25, 0.3) is 0 Å². The minimum absolute atomic E-state index is 0.0835. The standard InChI is InChI=1S/C22H27N3O2/c1-19(26)23-14-16-24(17-15-23)22(27)12-13-25(21-10-6-3-7-11-21)18-20-8-4-2-5-9-20/h2-11H,12-18H2,1H3. The van der Waals surface area contributed by atoms with Crippen molar-refractivity contribution in [3.8, 4) is 0 Å². The Balaban J connectivity index is 1.59. The summed E-state index contributed by atoms with van der Waals surface area (Å²) in [4.78, 5) is 30.0. The minimum atomic E-state index is 0.0835. The summed E-state index contributed by atoms with van der Waals surface area (Å²) < 4.78 is 0. The fraction of sp³-hybridized carbons (Fsp3) is 0.364. The molecule has 0 saturated carbocycles. The van der Waals surface area contributed by atoms with Gasteiger partial charge in [0.2, 0.25) is 11.8 Å². The highest BCUT2D eigenvalue weighted by Gasteiger charge is 2.22. The van der Waals surface area contributed by atoms with Crippen LogP contribution in [-0.2, 0) is 16.1 Å². The van der Waals surface area contributed by atoms with Crippen LogP contribution in [0, 0.1) is 0 Å². The normalized spacial score (nSPS) is 14.1. The summed E-state index contributed by atoms with van der Waals surface area (Å²) in [7, 11) is 0. The van der Waals surface area contributed by atoms with Gasteiger partial charge in [-0.25, -0.2) is 0 Å². The second-order valence-corrected chi connectivity index (χ2v) is 6.88. The van der Waals surface area contributed by atoms with Crippen molar-refractivity contribution >= 4 is 17.5 Å². The molecule has 3 rings (SSSR count). The molecule has 0 bridgehead atoms. The molecule has 1 heterocycles. The number of anilines is 1. The van der Waals surface area contributed by atoms with Gasteiger partial charge in [0, 0.05) is 58.3 Å². The SMILES string of the molecule is CC(=O)N1CCN(C(=O)CCN(Cc2ccccc2)c2ccccc2)CC1. The van der Waals surface area contributed by atoms with E-state index in [-0.39, 0.29) is 11.8 Å². The van der Waals surface area contributed by atoms with E-state index in [0.29, 0.717) is 39.1 Å². The van der Waals surface area contributed by atoms with Gasteiger partial charge >= 0.3 is 0 Å². The fourth-order valence-electron chi connectivity index (χ4n) is 3.40.